The summed E-state index contributed by atoms with van der Waals surface area (Å²) < 4.78 is 47.1. The fourth-order valence-corrected chi connectivity index (χ4v) is 6.54. The number of phenols is 2. The van der Waals surface area contributed by atoms with E-state index < -0.39 is 0 Å². The molecule has 0 atom stereocenters. The molecule has 0 fully saturated rings. The molecule has 6 aromatic rings. The van der Waals surface area contributed by atoms with E-state index in [2.05, 4.69) is 0 Å². The predicted molar refractivity (Wildman–Crippen MR) is 168 cm³/mol. The normalized spacial score (nSPS) is 11.6. The summed E-state index contributed by atoms with van der Waals surface area (Å²) in [6.07, 6.45) is 0. The van der Waals surface area contributed by atoms with E-state index in [1.807, 2.05) is 13.8 Å². The standard InChI is InChI=1S/C34H34O10/c1-13-27-17(11-19(37-5)29(13)39-7)21-23(25(35)33(41-9)15(3)31(21)43-27)24-22-18-12-20(38-6)30(40-8)14(2)28(18)44-32(22)16(4)34(42-10)26(24)36/h11-12,35-36H,1-10H3. The SMILES string of the molecule is COc1cc2c(oc3c(C)c(OC)c(O)c(-c4c(O)c(OC)c(C)c5oc6c(C)c(OC)c(OC)cc6c45)c32)c(C)c1OC. The number of rotatable bonds is 7. The van der Waals surface area contributed by atoms with Crippen molar-refractivity contribution in [2.75, 3.05) is 42.7 Å². The molecule has 10 nitrogen and oxygen atoms in total. The van der Waals surface area contributed by atoms with Crippen LogP contribution in [0.1, 0.15) is 22.3 Å². The molecule has 4 aromatic carbocycles. The number of aromatic hydroxyl groups is 2. The van der Waals surface area contributed by atoms with Gasteiger partial charge in [0.15, 0.2) is 46.0 Å². The van der Waals surface area contributed by atoms with Crippen LogP contribution in [0.15, 0.2) is 21.0 Å². The lowest BCUT2D eigenvalue weighted by atomic mass is 9.89. The van der Waals surface area contributed by atoms with Gasteiger partial charge in [-0.1, -0.05) is 0 Å². The zero-order chi connectivity index (χ0) is 31.8. The van der Waals surface area contributed by atoms with Crippen LogP contribution in [0.5, 0.6) is 46.0 Å². The lowest BCUT2D eigenvalue weighted by Gasteiger charge is -2.18. The van der Waals surface area contributed by atoms with E-state index >= 15 is 0 Å². The summed E-state index contributed by atoms with van der Waals surface area (Å²) in [5.74, 6) is 2.01. The van der Waals surface area contributed by atoms with Gasteiger partial charge in [-0.25, -0.2) is 0 Å². The summed E-state index contributed by atoms with van der Waals surface area (Å²) in [6, 6.07) is 3.60. The second kappa shape index (κ2) is 10.3. The predicted octanol–water partition coefficient (Wildman–Crippen LogP) is 7.85. The second-order valence-electron chi connectivity index (χ2n) is 10.6. The second-order valence-corrected chi connectivity index (χ2v) is 10.6. The Morgan fingerprint density at radius 1 is 0.455 bits per heavy atom. The number of methoxy groups -OCH3 is 6. The minimum atomic E-state index is -0.193. The number of fused-ring (bicyclic) bond motifs is 6. The average Bonchev–Trinajstić information content (AvgIpc) is 3.59. The maximum Gasteiger partial charge on any atom is 0.167 e. The maximum atomic E-state index is 12.0. The molecule has 2 aromatic heterocycles. The minimum absolute atomic E-state index is 0.193. The molecule has 10 heteroatoms. The Kier molecular flexibility index (Phi) is 6.75. The fraction of sp³-hybridized carbons (Fsp3) is 0.294. The van der Waals surface area contributed by atoms with Gasteiger partial charge >= 0.3 is 0 Å². The van der Waals surface area contributed by atoms with Gasteiger partial charge in [0.2, 0.25) is 0 Å². The molecule has 44 heavy (non-hydrogen) atoms. The number of phenolic OH excluding ortho intramolecular Hbond substituents is 2. The Hall–Kier alpha value is -5.12. The van der Waals surface area contributed by atoms with Gasteiger partial charge in [0.05, 0.1) is 42.7 Å². The van der Waals surface area contributed by atoms with Crippen LogP contribution < -0.4 is 28.4 Å². The summed E-state index contributed by atoms with van der Waals surface area (Å²) in [7, 11) is 9.17. The van der Waals surface area contributed by atoms with Crippen LogP contribution in [-0.4, -0.2) is 52.9 Å². The third kappa shape index (κ3) is 3.60. The van der Waals surface area contributed by atoms with E-state index in [9.17, 15) is 10.2 Å². The van der Waals surface area contributed by atoms with Crippen LogP contribution in [0, 0.1) is 27.7 Å². The van der Waals surface area contributed by atoms with E-state index in [0.29, 0.717) is 89.1 Å². The van der Waals surface area contributed by atoms with Gasteiger partial charge in [-0.2, -0.15) is 0 Å². The highest BCUT2D eigenvalue weighted by Gasteiger charge is 2.33. The monoisotopic (exact) mass is 602 g/mol. The highest BCUT2D eigenvalue weighted by Crippen LogP contribution is 2.58. The molecule has 0 bridgehead atoms. The van der Waals surface area contributed by atoms with Gasteiger partial charge in [0, 0.05) is 54.9 Å². The molecular weight excluding hydrogens is 568 g/mol. The van der Waals surface area contributed by atoms with Crippen LogP contribution in [-0.2, 0) is 0 Å². The van der Waals surface area contributed by atoms with E-state index in [4.69, 9.17) is 37.3 Å². The van der Waals surface area contributed by atoms with Gasteiger partial charge in [-0.3, -0.25) is 0 Å². The van der Waals surface area contributed by atoms with Crippen LogP contribution in [0.25, 0.3) is 55.0 Å². The van der Waals surface area contributed by atoms with Crippen molar-refractivity contribution in [2.45, 2.75) is 27.7 Å². The molecule has 230 valence electrons. The Morgan fingerprint density at radius 3 is 1.07 bits per heavy atom. The van der Waals surface area contributed by atoms with Crippen molar-refractivity contribution < 1.29 is 47.5 Å². The number of furan rings is 2. The molecular formula is C34H34O10. The number of hydrogen-bond donors (Lipinski definition) is 2. The number of benzene rings is 4. The molecule has 0 radical (unpaired) electrons. The molecule has 2 heterocycles. The first-order chi connectivity index (χ1) is 21.1. The lowest BCUT2D eigenvalue weighted by molar-refractivity contribution is 0.353. The van der Waals surface area contributed by atoms with Crippen molar-refractivity contribution in [1.29, 1.82) is 0 Å². The Balaban J connectivity index is 1.95. The van der Waals surface area contributed by atoms with Crippen LogP contribution in [0.3, 0.4) is 0 Å². The number of ether oxygens (including phenoxy) is 6. The molecule has 0 aliphatic rings. The summed E-state index contributed by atoms with van der Waals surface area (Å²) in [5, 5.41) is 26.4. The summed E-state index contributed by atoms with van der Waals surface area (Å²) in [4.78, 5) is 0. The van der Waals surface area contributed by atoms with Gasteiger partial charge in [-0.05, 0) is 39.8 Å². The summed E-state index contributed by atoms with van der Waals surface area (Å²) >= 11 is 0. The van der Waals surface area contributed by atoms with Gasteiger partial charge < -0.3 is 47.5 Å². The molecule has 0 amide bonds. The van der Waals surface area contributed by atoms with Crippen molar-refractivity contribution in [3.05, 3.63) is 34.4 Å². The van der Waals surface area contributed by atoms with Crippen LogP contribution >= 0.6 is 0 Å². The number of aryl methyl sites for hydroxylation is 4. The third-order valence-electron chi connectivity index (χ3n) is 8.52. The lowest BCUT2D eigenvalue weighted by Crippen LogP contribution is -1.96. The molecule has 0 unspecified atom stereocenters. The molecule has 2 N–H and O–H groups in total. The Bertz CT molecular complexity index is 1990. The zero-order valence-corrected chi connectivity index (χ0v) is 26.3. The van der Waals surface area contributed by atoms with Crippen LogP contribution in [0.2, 0.25) is 0 Å². The molecule has 0 aliphatic heterocycles. The maximum absolute atomic E-state index is 12.0. The summed E-state index contributed by atoms with van der Waals surface area (Å²) in [6.45, 7) is 7.34. The first kappa shape index (κ1) is 29.0. The van der Waals surface area contributed by atoms with Crippen molar-refractivity contribution in [2.24, 2.45) is 0 Å². The average molecular weight is 603 g/mol. The largest absolute Gasteiger partial charge is 0.504 e. The van der Waals surface area contributed by atoms with Crippen molar-refractivity contribution in [3.63, 3.8) is 0 Å². The quantitative estimate of drug-likeness (QED) is 0.187. The van der Waals surface area contributed by atoms with Crippen LogP contribution in [0.4, 0.5) is 0 Å². The Labute approximate surface area is 253 Å². The van der Waals surface area contributed by atoms with Crippen molar-refractivity contribution in [1.82, 2.24) is 0 Å². The smallest absolute Gasteiger partial charge is 0.167 e. The minimum Gasteiger partial charge on any atom is -0.504 e. The molecule has 6 rings (SSSR count). The van der Waals surface area contributed by atoms with Crippen molar-refractivity contribution in [3.8, 4) is 57.1 Å². The zero-order valence-electron chi connectivity index (χ0n) is 26.3. The molecule has 0 saturated heterocycles. The number of hydrogen-bond acceptors (Lipinski definition) is 10. The molecule has 0 saturated carbocycles. The first-order valence-electron chi connectivity index (χ1n) is 13.8. The topological polar surface area (TPSA) is 122 Å². The highest BCUT2D eigenvalue weighted by molar-refractivity contribution is 6.24. The highest BCUT2D eigenvalue weighted by atomic mass is 16.5. The third-order valence-corrected chi connectivity index (χ3v) is 8.52. The Morgan fingerprint density at radius 2 is 0.773 bits per heavy atom. The first-order valence-corrected chi connectivity index (χ1v) is 13.8. The molecule has 0 aliphatic carbocycles. The van der Waals surface area contributed by atoms with Gasteiger partial charge in [0.1, 0.15) is 22.3 Å². The van der Waals surface area contributed by atoms with E-state index in [1.54, 1.807) is 54.4 Å². The molecule has 0 spiro atoms. The van der Waals surface area contributed by atoms with E-state index in [-0.39, 0.29) is 34.1 Å². The van der Waals surface area contributed by atoms with Gasteiger partial charge in [-0.15, -0.1) is 0 Å². The van der Waals surface area contributed by atoms with E-state index in [0.717, 1.165) is 0 Å². The van der Waals surface area contributed by atoms with E-state index in [1.165, 1.54) is 14.2 Å². The van der Waals surface area contributed by atoms with Crippen molar-refractivity contribution >= 4 is 43.9 Å². The van der Waals surface area contributed by atoms with Gasteiger partial charge in [0.25, 0.3) is 0 Å². The summed E-state index contributed by atoms with van der Waals surface area (Å²) in [5.41, 5.74) is 5.08. The fourth-order valence-electron chi connectivity index (χ4n) is 6.54.